The number of likely N-dealkylation sites (tertiary alicyclic amines) is 1. The second kappa shape index (κ2) is 6.77. The Labute approximate surface area is 163 Å². The highest BCUT2D eigenvalue weighted by Gasteiger charge is 2.46. The fourth-order valence-corrected chi connectivity index (χ4v) is 4.49. The molecule has 8 heteroatoms. The molecule has 2 aliphatic heterocycles. The summed E-state index contributed by atoms with van der Waals surface area (Å²) >= 11 is 0. The zero-order chi connectivity index (χ0) is 19.0. The van der Waals surface area contributed by atoms with Gasteiger partial charge in [0.05, 0.1) is 11.1 Å². The standard InChI is InChI=1S/C20H24N6O2/c27-17(26-12-19(13-26)4-6-28-7-5-19)15-8-23-18(24-9-15)25-20(2-1-3-20)16-10-21-14-22-11-16/h8-11,14H,1-7,12-13H2,(H,23,24,25). The van der Waals surface area contributed by atoms with Gasteiger partial charge in [0.2, 0.25) is 5.95 Å². The van der Waals surface area contributed by atoms with Gasteiger partial charge in [0.1, 0.15) is 6.33 Å². The summed E-state index contributed by atoms with van der Waals surface area (Å²) in [5.41, 5.74) is 1.65. The van der Waals surface area contributed by atoms with E-state index in [9.17, 15) is 4.79 Å². The van der Waals surface area contributed by atoms with Crippen LogP contribution in [0.2, 0.25) is 0 Å². The van der Waals surface area contributed by atoms with Crippen LogP contribution in [0, 0.1) is 5.41 Å². The summed E-state index contributed by atoms with van der Waals surface area (Å²) in [4.78, 5) is 31.7. The van der Waals surface area contributed by atoms with Crippen molar-refractivity contribution in [2.45, 2.75) is 37.6 Å². The maximum absolute atomic E-state index is 12.7. The lowest BCUT2D eigenvalue weighted by Crippen LogP contribution is -2.60. The second-order valence-corrected chi connectivity index (χ2v) is 8.26. The molecule has 1 aliphatic carbocycles. The van der Waals surface area contributed by atoms with Crippen molar-refractivity contribution in [3.63, 3.8) is 0 Å². The number of nitrogens with zero attached hydrogens (tertiary/aromatic N) is 5. The van der Waals surface area contributed by atoms with Gasteiger partial charge in [0.15, 0.2) is 0 Å². The quantitative estimate of drug-likeness (QED) is 0.867. The maximum Gasteiger partial charge on any atom is 0.257 e. The molecule has 1 amide bonds. The van der Waals surface area contributed by atoms with E-state index >= 15 is 0 Å². The Balaban J connectivity index is 1.24. The van der Waals surface area contributed by atoms with E-state index in [0.717, 1.165) is 64.0 Å². The minimum Gasteiger partial charge on any atom is -0.381 e. The molecule has 1 spiro atoms. The number of ether oxygens (including phenoxy) is 1. The molecule has 0 aromatic carbocycles. The summed E-state index contributed by atoms with van der Waals surface area (Å²) in [6.45, 7) is 3.23. The van der Waals surface area contributed by atoms with E-state index < -0.39 is 0 Å². The predicted molar refractivity (Wildman–Crippen MR) is 102 cm³/mol. The van der Waals surface area contributed by atoms with E-state index in [2.05, 4.69) is 25.3 Å². The first-order valence-electron chi connectivity index (χ1n) is 9.91. The molecule has 5 rings (SSSR count). The van der Waals surface area contributed by atoms with E-state index in [1.54, 1.807) is 12.4 Å². The molecule has 28 heavy (non-hydrogen) atoms. The number of hydrogen-bond acceptors (Lipinski definition) is 7. The van der Waals surface area contributed by atoms with Crippen molar-refractivity contribution in [1.82, 2.24) is 24.8 Å². The van der Waals surface area contributed by atoms with E-state index in [4.69, 9.17) is 4.74 Å². The van der Waals surface area contributed by atoms with Gasteiger partial charge in [-0.1, -0.05) is 0 Å². The maximum atomic E-state index is 12.7. The van der Waals surface area contributed by atoms with Crippen LogP contribution in [0.25, 0.3) is 0 Å². The summed E-state index contributed by atoms with van der Waals surface area (Å²) in [5.74, 6) is 0.545. The van der Waals surface area contributed by atoms with Crippen LogP contribution in [0.1, 0.15) is 48.0 Å². The van der Waals surface area contributed by atoms with Crippen LogP contribution in [0.15, 0.2) is 31.1 Å². The number of aromatic nitrogens is 4. The molecule has 2 aromatic rings. The van der Waals surface area contributed by atoms with Crippen molar-refractivity contribution < 1.29 is 9.53 Å². The van der Waals surface area contributed by atoms with Crippen molar-refractivity contribution in [1.29, 1.82) is 0 Å². The summed E-state index contributed by atoms with van der Waals surface area (Å²) < 4.78 is 5.44. The van der Waals surface area contributed by atoms with E-state index in [0.29, 0.717) is 11.5 Å². The molecule has 3 aliphatic rings. The van der Waals surface area contributed by atoms with Crippen LogP contribution in [0.3, 0.4) is 0 Å². The van der Waals surface area contributed by atoms with Crippen molar-refractivity contribution in [2.24, 2.45) is 5.41 Å². The summed E-state index contributed by atoms with van der Waals surface area (Å²) in [7, 11) is 0. The van der Waals surface area contributed by atoms with Gasteiger partial charge in [0.25, 0.3) is 5.91 Å². The topological polar surface area (TPSA) is 93.1 Å². The van der Waals surface area contributed by atoms with Gasteiger partial charge in [-0.25, -0.2) is 19.9 Å². The molecular formula is C20H24N6O2. The summed E-state index contributed by atoms with van der Waals surface area (Å²) in [6, 6.07) is 0. The van der Waals surface area contributed by atoms with Crippen LogP contribution in [-0.2, 0) is 10.3 Å². The molecule has 2 saturated heterocycles. The zero-order valence-electron chi connectivity index (χ0n) is 15.8. The fourth-order valence-electron chi connectivity index (χ4n) is 4.49. The minimum absolute atomic E-state index is 0.0125. The lowest BCUT2D eigenvalue weighted by molar-refractivity contribution is -0.0666. The molecule has 0 unspecified atom stereocenters. The lowest BCUT2D eigenvalue weighted by atomic mass is 9.73. The van der Waals surface area contributed by atoms with Crippen molar-refractivity contribution in [3.05, 3.63) is 42.2 Å². The third-order valence-electron chi connectivity index (χ3n) is 6.46. The Kier molecular flexibility index (Phi) is 4.23. The summed E-state index contributed by atoms with van der Waals surface area (Å²) in [6.07, 6.45) is 13.7. The van der Waals surface area contributed by atoms with Gasteiger partial charge in [-0.3, -0.25) is 4.79 Å². The molecule has 4 heterocycles. The van der Waals surface area contributed by atoms with Gasteiger partial charge in [-0.05, 0) is 32.1 Å². The van der Waals surface area contributed by atoms with E-state index in [1.807, 2.05) is 17.3 Å². The Morgan fingerprint density at radius 2 is 1.68 bits per heavy atom. The van der Waals surface area contributed by atoms with Crippen molar-refractivity contribution >= 4 is 11.9 Å². The SMILES string of the molecule is O=C(c1cnc(NC2(c3cncnc3)CCC2)nc1)N1CC2(CCOCC2)C1. The van der Waals surface area contributed by atoms with Gasteiger partial charge >= 0.3 is 0 Å². The number of carbonyl (C=O) groups is 1. The van der Waals surface area contributed by atoms with Crippen molar-refractivity contribution in [3.8, 4) is 0 Å². The first-order chi connectivity index (χ1) is 13.7. The van der Waals surface area contributed by atoms with Crippen LogP contribution in [0.5, 0.6) is 0 Å². The summed E-state index contributed by atoms with van der Waals surface area (Å²) in [5, 5.41) is 3.44. The highest BCUT2D eigenvalue weighted by molar-refractivity contribution is 5.94. The Bertz CT molecular complexity index is 839. The molecule has 0 radical (unpaired) electrons. The normalized spacial score (nSPS) is 22.2. The average molecular weight is 380 g/mol. The van der Waals surface area contributed by atoms with Crippen molar-refractivity contribution in [2.75, 3.05) is 31.6 Å². The first-order valence-corrected chi connectivity index (χ1v) is 9.91. The predicted octanol–water partition coefficient (Wildman–Crippen LogP) is 2.01. The van der Waals surface area contributed by atoms with Gasteiger partial charge in [-0.2, -0.15) is 0 Å². The van der Waals surface area contributed by atoms with E-state index in [-0.39, 0.29) is 16.9 Å². The first kappa shape index (κ1) is 17.5. The smallest absolute Gasteiger partial charge is 0.257 e. The van der Waals surface area contributed by atoms with Gasteiger partial charge in [0, 0.05) is 62.1 Å². The largest absolute Gasteiger partial charge is 0.381 e. The minimum atomic E-state index is -0.209. The molecule has 1 N–H and O–H groups in total. The molecule has 8 nitrogen and oxygen atoms in total. The molecule has 2 aromatic heterocycles. The number of anilines is 1. The molecule has 3 fully saturated rings. The van der Waals surface area contributed by atoms with E-state index in [1.165, 1.54) is 6.33 Å². The van der Waals surface area contributed by atoms with Gasteiger partial charge in [-0.15, -0.1) is 0 Å². The van der Waals surface area contributed by atoms with Crippen LogP contribution in [-0.4, -0.2) is 57.0 Å². The molecule has 146 valence electrons. The number of rotatable bonds is 4. The average Bonchev–Trinajstić information content (AvgIpc) is 2.70. The van der Waals surface area contributed by atoms with Gasteiger partial charge < -0.3 is 15.0 Å². The second-order valence-electron chi connectivity index (χ2n) is 8.26. The monoisotopic (exact) mass is 380 g/mol. The molecule has 0 atom stereocenters. The number of hydrogen-bond donors (Lipinski definition) is 1. The Morgan fingerprint density at radius 3 is 2.29 bits per heavy atom. The van der Waals surface area contributed by atoms with Crippen LogP contribution < -0.4 is 5.32 Å². The van der Waals surface area contributed by atoms with Crippen LogP contribution >= 0.6 is 0 Å². The third kappa shape index (κ3) is 3.01. The van der Waals surface area contributed by atoms with Crippen LogP contribution in [0.4, 0.5) is 5.95 Å². The Hall–Kier alpha value is -2.61. The number of carbonyl (C=O) groups excluding carboxylic acids is 1. The Morgan fingerprint density at radius 1 is 1.00 bits per heavy atom. The lowest BCUT2D eigenvalue weighted by Gasteiger charge is -2.52. The fraction of sp³-hybridized carbons (Fsp3) is 0.550. The third-order valence-corrected chi connectivity index (χ3v) is 6.46. The highest BCUT2D eigenvalue weighted by Crippen LogP contribution is 2.43. The number of amides is 1. The molecular weight excluding hydrogens is 356 g/mol. The molecule has 0 bridgehead atoms. The molecule has 1 saturated carbocycles. The number of nitrogens with one attached hydrogen (secondary N) is 1. The highest BCUT2D eigenvalue weighted by atomic mass is 16.5. The zero-order valence-corrected chi connectivity index (χ0v) is 15.8.